The lowest BCUT2D eigenvalue weighted by Gasteiger charge is -2.27. The average Bonchev–Trinajstić information content (AvgIpc) is 2.59. The Kier molecular flexibility index (Phi) is 4.52. The van der Waals surface area contributed by atoms with E-state index in [0.29, 0.717) is 11.6 Å². The number of anilines is 2. The van der Waals surface area contributed by atoms with E-state index in [1.54, 1.807) is 6.20 Å². The molecule has 3 N–H and O–H groups in total. The van der Waals surface area contributed by atoms with Gasteiger partial charge < -0.3 is 16.0 Å². The molecule has 0 bridgehead atoms. The number of rotatable bonds is 5. The minimum atomic E-state index is 0.336. The first-order valence-corrected chi connectivity index (χ1v) is 7.50. The SMILES string of the molecule is N#Cc1ccc(CCNC[C@H]2CNc3cccnc3N2)cc1. The van der Waals surface area contributed by atoms with Crippen molar-refractivity contribution in [3.63, 3.8) is 0 Å². The van der Waals surface area contributed by atoms with E-state index >= 15 is 0 Å². The highest BCUT2D eigenvalue weighted by molar-refractivity contribution is 5.66. The number of nitriles is 1. The second kappa shape index (κ2) is 6.92. The first-order valence-electron chi connectivity index (χ1n) is 7.50. The van der Waals surface area contributed by atoms with Crippen molar-refractivity contribution < 1.29 is 0 Å². The Balaban J connectivity index is 1.41. The van der Waals surface area contributed by atoms with Gasteiger partial charge in [-0.1, -0.05) is 12.1 Å². The molecule has 0 saturated heterocycles. The second-order valence-electron chi connectivity index (χ2n) is 5.38. The molecular formula is C17H19N5. The fourth-order valence-corrected chi connectivity index (χ4v) is 2.52. The Morgan fingerprint density at radius 3 is 2.95 bits per heavy atom. The quantitative estimate of drug-likeness (QED) is 0.735. The third-order valence-electron chi connectivity index (χ3n) is 3.75. The van der Waals surface area contributed by atoms with Crippen molar-refractivity contribution in [2.45, 2.75) is 12.5 Å². The summed E-state index contributed by atoms with van der Waals surface area (Å²) in [5, 5.41) is 19.1. The molecule has 0 fully saturated rings. The molecule has 0 aliphatic carbocycles. The minimum absolute atomic E-state index is 0.336. The summed E-state index contributed by atoms with van der Waals surface area (Å²) in [6, 6.07) is 14.2. The lowest BCUT2D eigenvalue weighted by atomic mass is 10.1. The number of nitrogens with one attached hydrogen (secondary N) is 3. The fourth-order valence-electron chi connectivity index (χ4n) is 2.52. The molecule has 3 rings (SSSR count). The molecule has 5 heteroatoms. The number of aromatic nitrogens is 1. The molecule has 112 valence electrons. The maximum Gasteiger partial charge on any atom is 0.149 e. The normalized spacial score (nSPS) is 16.0. The van der Waals surface area contributed by atoms with Crippen LogP contribution in [0, 0.1) is 11.3 Å². The topological polar surface area (TPSA) is 72.8 Å². The molecule has 0 unspecified atom stereocenters. The van der Waals surface area contributed by atoms with Gasteiger partial charge in [0.25, 0.3) is 0 Å². The third-order valence-corrected chi connectivity index (χ3v) is 3.75. The van der Waals surface area contributed by atoms with Crippen LogP contribution in [0.5, 0.6) is 0 Å². The minimum Gasteiger partial charge on any atom is -0.380 e. The van der Waals surface area contributed by atoms with Crippen LogP contribution < -0.4 is 16.0 Å². The Labute approximate surface area is 130 Å². The Bertz CT molecular complexity index is 659. The standard InChI is InChI=1S/C17H19N5/c18-10-14-5-3-13(4-6-14)7-9-19-11-15-12-21-16-2-1-8-20-17(16)22-15/h1-6,8,15,19,21H,7,9,11-12H2,(H,20,22)/t15-/m0/s1. The average molecular weight is 293 g/mol. The number of nitrogens with zero attached hydrogens (tertiary/aromatic N) is 2. The van der Waals surface area contributed by atoms with Crippen LogP contribution in [0.2, 0.25) is 0 Å². The molecule has 2 aromatic rings. The molecular weight excluding hydrogens is 274 g/mol. The van der Waals surface area contributed by atoms with Crippen LogP contribution in [0.3, 0.4) is 0 Å². The van der Waals surface area contributed by atoms with E-state index < -0.39 is 0 Å². The van der Waals surface area contributed by atoms with E-state index in [1.807, 2.05) is 36.4 Å². The molecule has 1 aliphatic heterocycles. The smallest absolute Gasteiger partial charge is 0.149 e. The van der Waals surface area contributed by atoms with Crippen LogP contribution in [-0.4, -0.2) is 30.7 Å². The highest BCUT2D eigenvalue weighted by atomic mass is 15.1. The van der Waals surface area contributed by atoms with Crippen molar-refractivity contribution >= 4 is 11.5 Å². The first kappa shape index (κ1) is 14.4. The van der Waals surface area contributed by atoms with E-state index in [1.165, 1.54) is 5.56 Å². The van der Waals surface area contributed by atoms with Crippen LogP contribution in [-0.2, 0) is 6.42 Å². The monoisotopic (exact) mass is 293 g/mol. The Morgan fingerprint density at radius 2 is 2.14 bits per heavy atom. The van der Waals surface area contributed by atoms with E-state index in [2.05, 4.69) is 27.0 Å². The summed E-state index contributed by atoms with van der Waals surface area (Å²) in [7, 11) is 0. The highest BCUT2D eigenvalue weighted by Crippen LogP contribution is 2.22. The zero-order valence-corrected chi connectivity index (χ0v) is 12.3. The van der Waals surface area contributed by atoms with Crippen LogP contribution in [0.15, 0.2) is 42.6 Å². The Hall–Kier alpha value is -2.58. The predicted molar refractivity (Wildman–Crippen MR) is 87.9 cm³/mol. The molecule has 0 amide bonds. The first-order chi connectivity index (χ1) is 10.8. The van der Waals surface area contributed by atoms with Gasteiger partial charge in [-0.05, 0) is 42.8 Å². The Morgan fingerprint density at radius 1 is 1.27 bits per heavy atom. The van der Waals surface area contributed by atoms with Crippen molar-refractivity contribution in [1.82, 2.24) is 10.3 Å². The number of fused-ring (bicyclic) bond motifs is 1. The lowest BCUT2D eigenvalue weighted by molar-refractivity contribution is 0.610. The molecule has 1 aliphatic rings. The van der Waals surface area contributed by atoms with Gasteiger partial charge in [-0.15, -0.1) is 0 Å². The summed E-state index contributed by atoms with van der Waals surface area (Å²) in [6.07, 6.45) is 2.76. The summed E-state index contributed by atoms with van der Waals surface area (Å²) < 4.78 is 0. The van der Waals surface area contributed by atoms with Gasteiger partial charge in [0.15, 0.2) is 0 Å². The van der Waals surface area contributed by atoms with Crippen molar-refractivity contribution in [3.8, 4) is 6.07 Å². The van der Waals surface area contributed by atoms with Crippen LogP contribution in [0.25, 0.3) is 0 Å². The van der Waals surface area contributed by atoms with Gasteiger partial charge in [-0.25, -0.2) is 4.98 Å². The lowest BCUT2D eigenvalue weighted by Crippen LogP contribution is -2.41. The molecule has 22 heavy (non-hydrogen) atoms. The summed E-state index contributed by atoms with van der Waals surface area (Å²) in [5.74, 6) is 0.924. The van der Waals surface area contributed by atoms with Crippen molar-refractivity contribution in [1.29, 1.82) is 5.26 Å². The van der Waals surface area contributed by atoms with E-state index in [-0.39, 0.29) is 0 Å². The van der Waals surface area contributed by atoms with Crippen molar-refractivity contribution in [2.24, 2.45) is 0 Å². The van der Waals surface area contributed by atoms with Crippen LogP contribution >= 0.6 is 0 Å². The summed E-state index contributed by atoms with van der Waals surface area (Å²) in [6.45, 7) is 2.70. The molecule has 1 atom stereocenters. The van der Waals surface area contributed by atoms with Gasteiger partial charge in [0.1, 0.15) is 5.82 Å². The maximum absolute atomic E-state index is 8.78. The molecule has 0 saturated carbocycles. The zero-order chi connectivity index (χ0) is 15.2. The fraction of sp³-hybridized carbons (Fsp3) is 0.294. The summed E-state index contributed by atoms with van der Waals surface area (Å²) >= 11 is 0. The van der Waals surface area contributed by atoms with Gasteiger partial charge in [-0.3, -0.25) is 0 Å². The van der Waals surface area contributed by atoms with E-state index in [0.717, 1.165) is 37.6 Å². The van der Waals surface area contributed by atoms with Crippen LogP contribution in [0.4, 0.5) is 11.5 Å². The van der Waals surface area contributed by atoms with Gasteiger partial charge >= 0.3 is 0 Å². The van der Waals surface area contributed by atoms with Gasteiger partial charge in [-0.2, -0.15) is 5.26 Å². The summed E-state index contributed by atoms with van der Waals surface area (Å²) in [5.41, 5.74) is 3.02. The molecule has 2 heterocycles. The number of hydrogen-bond acceptors (Lipinski definition) is 5. The summed E-state index contributed by atoms with van der Waals surface area (Å²) in [4.78, 5) is 4.33. The maximum atomic E-state index is 8.78. The number of pyridine rings is 1. The molecule has 5 nitrogen and oxygen atoms in total. The molecule has 1 aromatic carbocycles. The molecule has 0 spiro atoms. The largest absolute Gasteiger partial charge is 0.380 e. The second-order valence-corrected chi connectivity index (χ2v) is 5.38. The predicted octanol–water partition coefficient (Wildman–Crippen LogP) is 1.99. The van der Waals surface area contributed by atoms with E-state index in [4.69, 9.17) is 5.26 Å². The number of hydrogen-bond donors (Lipinski definition) is 3. The zero-order valence-electron chi connectivity index (χ0n) is 12.3. The van der Waals surface area contributed by atoms with Gasteiger partial charge in [0.2, 0.25) is 0 Å². The van der Waals surface area contributed by atoms with Crippen LogP contribution in [0.1, 0.15) is 11.1 Å². The molecule has 0 radical (unpaired) electrons. The highest BCUT2D eigenvalue weighted by Gasteiger charge is 2.16. The van der Waals surface area contributed by atoms with Gasteiger partial charge in [0.05, 0.1) is 23.4 Å². The van der Waals surface area contributed by atoms with Gasteiger partial charge in [0, 0.05) is 19.3 Å². The van der Waals surface area contributed by atoms with Crippen molar-refractivity contribution in [3.05, 3.63) is 53.7 Å². The van der Waals surface area contributed by atoms with E-state index in [9.17, 15) is 0 Å². The number of benzene rings is 1. The molecule has 1 aromatic heterocycles. The third kappa shape index (κ3) is 3.54. The van der Waals surface area contributed by atoms with Crippen molar-refractivity contribution in [2.75, 3.05) is 30.3 Å².